The zero-order valence-electron chi connectivity index (χ0n) is 19.7. The molecule has 0 unspecified atom stereocenters. The lowest BCUT2D eigenvalue weighted by Gasteiger charge is -2.17. The Hall–Kier alpha value is -2.46. The quantitative estimate of drug-likeness (QED) is 0.161. The van der Waals surface area contributed by atoms with Crippen molar-refractivity contribution in [2.75, 3.05) is 6.54 Å². The highest BCUT2D eigenvalue weighted by molar-refractivity contribution is 5.73. The van der Waals surface area contributed by atoms with Crippen molar-refractivity contribution in [3.8, 4) is 0 Å². The largest absolute Gasteiger partial charge is 0.481 e. The van der Waals surface area contributed by atoms with E-state index in [9.17, 15) is 35.9 Å². The summed E-state index contributed by atoms with van der Waals surface area (Å²) in [4.78, 5) is 22.2. The van der Waals surface area contributed by atoms with Crippen LogP contribution in [0.3, 0.4) is 0 Å². The van der Waals surface area contributed by atoms with Crippen LogP contribution in [0.4, 0.5) is 31.1 Å². The standard InChI is InChI=1S/C24H34F6N2O3/c25-23(26,27)19-14-13-18(16-20(19)24(28,29)30)17-32-22(35)31-15-11-9-7-5-3-1-2-4-6-8-10-12-21(33)34/h13-14,16H,1-12,15,17H2,(H,33,34)(H2,31,32,35). The normalized spacial score (nSPS) is 11.9. The highest BCUT2D eigenvalue weighted by Gasteiger charge is 2.43. The molecule has 200 valence electrons. The number of alkyl halides is 6. The molecule has 0 aliphatic carbocycles. The smallest absolute Gasteiger partial charge is 0.417 e. The van der Waals surface area contributed by atoms with Gasteiger partial charge in [-0.3, -0.25) is 4.79 Å². The van der Waals surface area contributed by atoms with E-state index in [2.05, 4.69) is 10.6 Å². The molecule has 0 bridgehead atoms. The summed E-state index contributed by atoms with van der Waals surface area (Å²) in [6.07, 6.45) is 0.970. The Labute approximate surface area is 201 Å². The number of urea groups is 1. The van der Waals surface area contributed by atoms with Crippen LogP contribution in [0.5, 0.6) is 0 Å². The van der Waals surface area contributed by atoms with Crippen LogP contribution in [0.2, 0.25) is 0 Å². The number of amides is 2. The van der Waals surface area contributed by atoms with Crippen LogP contribution in [0, 0.1) is 0 Å². The van der Waals surface area contributed by atoms with Gasteiger partial charge < -0.3 is 15.7 Å². The van der Waals surface area contributed by atoms with E-state index < -0.39 is 35.5 Å². The molecule has 2 amide bonds. The van der Waals surface area contributed by atoms with Gasteiger partial charge >= 0.3 is 24.4 Å². The first kappa shape index (κ1) is 30.6. The molecule has 1 rings (SSSR count). The Morgan fingerprint density at radius 3 is 1.66 bits per heavy atom. The lowest BCUT2D eigenvalue weighted by molar-refractivity contribution is -0.162. The topological polar surface area (TPSA) is 78.4 Å². The number of carboxylic acids is 1. The number of aliphatic carboxylic acids is 1. The third kappa shape index (κ3) is 13.9. The molecule has 3 N–H and O–H groups in total. The van der Waals surface area contributed by atoms with Crippen molar-refractivity contribution in [1.29, 1.82) is 0 Å². The van der Waals surface area contributed by atoms with E-state index in [-0.39, 0.29) is 18.5 Å². The maximum atomic E-state index is 13.0. The van der Waals surface area contributed by atoms with Crippen molar-refractivity contribution >= 4 is 12.0 Å². The summed E-state index contributed by atoms with van der Waals surface area (Å²) in [6, 6.07) is 1.10. The molecule has 0 radical (unpaired) electrons. The number of carbonyl (C=O) groups is 2. The number of hydrogen-bond donors (Lipinski definition) is 3. The van der Waals surface area contributed by atoms with Gasteiger partial charge in [0, 0.05) is 19.5 Å². The van der Waals surface area contributed by atoms with Crippen molar-refractivity contribution in [3.05, 3.63) is 34.9 Å². The van der Waals surface area contributed by atoms with Crippen molar-refractivity contribution in [2.24, 2.45) is 0 Å². The number of unbranched alkanes of at least 4 members (excludes halogenated alkanes) is 10. The molecule has 0 saturated carbocycles. The van der Waals surface area contributed by atoms with Crippen molar-refractivity contribution in [3.63, 3.8) is 0 Å². The number of nitrogens with one attached hydrogen (secondary N) is 2. The molecule has 0 saturated heterocycles. The van der Waals surface area contributed by atoms with E-state index in [1.54, 1.807) is 0 Å². The van der Waals surface area contributed by atoms with Crippen LogP contribution in [-0.4, -0.2) is 23.7 Å². The second-order valence-electron chi connectivity index (χ2n) is 8.52. The minimum Gasteiger partial charge on any atom is -0.481 e. The molecular formula is C24H34F6N2O3. The lowest BCUT2D eigenvalue weighted by Crippen LogP contribution is -2.35. The fraction of sp³-hybridized carbons (Fsp3) is 0.667. The molecule has 0 aromatic heterocycles. The van der Waals surface area contributed by atoms with E-state index in [0.717, 1.165) is 76.7 Å². The second-order valence-corrected chi connectivity index (χ2v) is 8.52. The summed E-state index contributed by atoms with van der Waals surface area (Å²) < 4.78 is 77.4. The molecule has 5 nitrogen and oxygen atoms in total. The molecule has 0 heterocycles. The van der Waals surface area contributed by atoms with Crippen molar-refractivity contribution in [1.82, 2.24) is 10.6 Å². The molecule has 0 fully saturated rings. The predicted molar refractivity (Wildman–Crippen MR) is 120 cm³/mol. The Bertz CT molecular complexity index is 782. The maximum Gasteiger partial charge on any atom is 0.417 e. The predicted octanol–water partition coefficient (Wildman–Crippen LogP) is 7.29. The average Bonchev–Trinajstić information content (AvgIpc) is 2.76. The summed E-state index contributed by atoms with van der Waals surface area (Å²) in [5.74, 6) is -0.748. The third-order valence-electron chi connectivity index (χ3n) is 5.50. The van der Waals surface area contributed by atoms with Crippen molar-refractivity contribution < 1.29 is 41.0 Å². The van der Waals surface area contributed by atoms with Gasteiger partial charge in [-0.25, -0.2) is 4.79 Å². The average molecular weight is 513 g/mol. The summed E-state index contributed by atoms with van der Waals surface area (Å²) in [5, 5.41) is 13.5. The van der Waals surface area contributed by atoms with Crippen LogP contribution in [0.15, 0.2) is 18.2 Å². The lowest BCUT2D eigenvalue weighted by atomic mass is 10.0. The number of carboxylic acid groups (broad SMARTS) is 1. The fourth-order valence-corrected chi connectivity index (χ4v) is 3.62. The number of rotatable bonds is 16. The number of benzene rings is 1. The summed E-state index contributed by atoms with van der Waals surface area (Å²) in [5.41, 5.74) is -3.62. The van der Waals surface area contributed by atoms with E-state index in [0.29, 0.717) is 18.7 Å². The maximum absolute atomic E-state index is 13.0. The Kier molecular flexibility index (Phi) is 13.6. The Morgan fingerprint density at radius 1 is 0.686 bits per heavy atom. The van der Waals surface area contributed by atoms with Crippen LogP contribution in [-0.2, 0) is 23.7 Å². The van der Waals surface area contributed by atoms with Gasteiger partial charge in [0.1, 0.15) is 0 Å². The van der Waals surface area contributed by atoms with Crippen LogP contribution in [0.25, 0.3) is 0 Å². The summed E-state index contributed by atoms with van der Waals surface area (Å²) in [7, 11) is 0. The fourth-order valence-electron chi connectivity index (χ4n) is 3.62. The highest BCUT2D eigenvalue weighted by atomic mass is 19.4. The van der Waals surface area contributed by atoms with Crippen LogP contribution < -0.4 is 10.6 Å². The molecule has 1 aromatic carbocycles. The number of hydrogen-bond acceptors (Lipinski definition) is 2. The molecule has 1 aromatic rings. The minimum atomic E-state index is -5.16. The van der Waals surface area contributed by atoms with Gasteiger partial charge in [-0.05, 0) is 30.5 Å². The van der Waals surface area contributed by atoms with Gasteiger partial charge in [0.05, 0.1) is 11.1 Å². The van der Waals surface area contributed by atoms with E-state index >= 15 is 0 Å². The zero-order valence-corrected chi connectivity index (χ0v) is 19.7. The number of halogens is 6. The molecule has 0 spiro atoms. The first-order chi connectivity index (χ1) is 16.4. The van der Waals surface area contributed by atoms with Crippen LogP contribution in [0.1, 0.15) is 93.7 Å². The monoisotopic (exact) mass is 512 g/mol. The summed E-state index contributed by atoms with van der Waals surface area (Å²) in [6.45, 7) is 0.0651. The van der Waals surface area contributed by atoms with E-state index in [4.69, 9.17) is 5.11 Å². The Morgan fingerprint density at radius 2 is 1.17 bits per heavy atom. The van der Waals surface area contributed by atoms with Gasteiger partial charge in [-0.2, -0.15) is 26.3 Å². The zero-order chi connectivity index (χ0) is 26.3. The second kappa shape index (κ2) is 15.5. The first-order valence-corrected chi connectivity index (χ1v) is 11.9. The molecule has 0 atom stereocenters. The van der Waals surface area contributed by atoms with Gasteiger partial charge in [-0.1, -0.05) is 63.9 Å². The molecular weight excluding hydrogens is 478 g/mol. The van der Waals surface area contributed by atoms with Gasteiger partial charge in [0.25, 0.3) is 0 Å². The third-order valence-corrected chi connectivity index (χ3v) is 5.50. The molecule has 11 heteroatoms. The van der Waals surface area contributed by atoms with E-state index in [1.807, 2.05) is 0 Å². The SMILES string of the molecule is O=C(O)CCCCCCCCCCCCCNC(=O)NCc1ccc(C(F)(F)F)c(C(F)(F)F)c1. The molecule has 0 aliphatic heterocycles. The molecule has 35 heavy (non-hydrogen) atoms. The molecule has 0 aliphatic rings. The van der Waals surface area contributed by atoms with E-state index in [1.165, 1.54) is 0 Å². The first-order valence-electron chi connectivity index (χ1n) is 11.9. The Balaban J connectivity index is 2.13. The van der Waals surface area contributed by atoms with Gasteiger partial charge in [-0.15, -0.1) is 0 Å². The minimum absolute atomic E-state index is 0.0827. The van der Waals surface area contributed by atoms with Gasteiger partial charge in [0.2, 0.25) is 0 Å². The van der Waals surface area contributed by atoms with Crippen molar-refractivity contribution in [2.45, 2.75) is 95.9 Å². The number of carbonyl (C=O) groups excluding carboxylic acids is 1. The summed E-state index contributed by atoms with van der Waals surface area (Å²) >= 11 is 0. The van der Waals surface area contributed by atoms with Crippen LogP contribution >= 0.6 is 0 Å². The van der Waals surface area contributed by atoms with Gasteiger partial charge in [0.15, 0.2) is 0 Å². The highest BCUT2D eigenvalue weighted by Crippen LogP contribution is 2.40.